The van der Waals surface area contributed by atoms with Crippen LogP contribution in [0.4, 0.5) is 10.8 Å². The van der Waals surface area contributed by atoms with Gasteiger partial charge in [-0.15, -0.1) is 11.3 Å². The van der Waals surface area contributed by atoms with Gasteiger partial charge in [0.25, 0.3) is 5.91 Å². The van der Waals surface area contributed by atoms with E-state index in [9.17, 15) is 13.2 Å². The maximum Gasteiger partial charge on any atom is 0.276 e. The summed E-state index contributed by atoms with van der Waals surface area (Å²) in [6.07, 6.45) is 3.36. The molecule has 1 saturated carbocycles. The fraction of sp³-hybridized carbons (Fsp3) is 0.208. The van der Waals surface area contributed by atoms with E-state index < -0.39 is 10.0 Å². The molecule has 4 aromatic rings. The Morgan fingerprint density at radius 3 is 2.47 bits per heavy atom. The molecule has 2 aromatic carbocycles. The molecule has 1 amide bonds. The van der Waals surface area contributed by atoms with Crippen molar-refractivity contribution in [2.45, 2.75) is 18.8 Å². The van der Waals surface area contributed by atoms with Gasteiger partial charge in [0.05, 0.1) is 29.0 Å². The summed E-state index contributed by atoms with van der Waals surface area (Å²) in [5.74, 6) is 0.155. The maximum atomic E-state index is 13.2. The first-order chi connectivity index (χ1) is 16.3. The van der Waals surface area contributed by atoms with Crippen molar-refractivity contribution in [3.63, 3.8) is 0 Å². The second-order valence-corrected chi connectivity index (χ2v) is 11.1. The monoisotopic (exact) mass is 493 g/mol. The number of carbonyl (C=O) groups is 1. The van der Waals surface area contributed by atoms with Gasteiger partial charge < -0.3 is 0 Å². The lowest BCUT2D eigenvalue weighted by Crippen LogP contribution is -2.24. The number of anilines is 2. The third-order valence-electron chi connectivity index (χ3n) is 5.71. The Morgan fingerprint density at radius 2 is 1.82 bits per heavy atom. The Bertz CT molecular complexity index is 1440. The van der Waals surface area contributed by atoms with Gasteiger partial charge in [0.15, 0.2) is 5.13 Å². The standard InChI is InChI=1S/C24H23N5O3S2/c1-28(34(2,31)32)18-12-10-17(11-13-18)21-15-33-24(25-21)26-23(30)22-14-20(16-8-9-16)27-29(22)19-6-4-3-5-7-19/h3-7,10-16H,8-9H2,1-2H3,(H,25,26,30). The van der Waals surface area contributed by atoms with Crippen LogP contribution in [-0.4, -0.2) is 42.4 Å². The first kappa shape index (κ1) is 22.3. The zero-order valence-corrected chi connectivity index (χ0v) is 20.3. The molecule has 2 aromatic heterocycles. The highest BCUT2D eigenvalue weighted by atomic mass is 32.2. The number of thiazole rings is 1. The van der Waals surface area contributed by atoms with E-state index in [2.05, 4.69) is 15.4 Å². The summed E-state index contributed by atoms with van der Waals surface area (Å²) in [6, 6.07) is 18.6. The summed E-state index contributed by atoms with van der Waals surface area (Å²) in [5, 5.41) is 9.92. The molecule has 8 nitrogen and oxygen atoms in total. The molecular weight excluding hydrogens is 470 g/mol. The van der Waals surface area contributed by atoms with Crippen molar-refractivity contribution in [1.29, 1.82) is 0 Å². The molecule has 0 radical (unpaired) electrons. The Morgan fingerprint density at radius 1 is 1.12 bits per heavy atom. The van der Waals surface area contributed by atoms with Crippen molar-refractivity contribution in [2.24, 2.45) is 0 Å². The first-order valence-corrected chi connectivity index (χ1v) is 13.5. The number of carbonyl (C=O) groups excluding carboxylic acids is 1. The van der Waals surface area contributed by atoms with Crippen LogP contribution in [0.15, 0.2) is 66.0 Å². The van der Waals surface area contributed by atoms with Crippen LogP contribution in [0, 0.1) is 0 Å². The normalized spacial score (nSPS) is 13.6. The second kappa shape index (κ2) is 8.69. The summed E-state index contributed by atoms with van der Waals surface area (Å²) in [4.78, 5) is 17.7. The highest BCUT2D eigenvalue weighted by molar-refractivity contribution is 7.92. The molecule has 1 N–H and O–H groups in total. The van der Waals surface area contributed by atoms with Crippen LogP contribution in [0.25, 0.3) is 16.9 Å². The molecule has 1 aliphatic rings. The molecule has 1 fully saturated rings. The zero-order chi connectivity index (χ0) is 23.9. The molecule has 0 aliphatic heterocycles. The molecule has 0 bridgehead atoms. The van der Waals surface area contributed by atoms with E-state index in [4.69, 9.17) is 0 Å². The number of amides is 1. The Hall–Kier alpha value is -3.50. The minimum absolute atomic E-state index is 0.269. The van der Waals surface area contributed by atoms with E-state index in [1.54, 1.807) is 16.8 Å². The highest BCUT2D eigenvalue weighted by Crippen LogP contribution is 2.40. The second-order valence-electron chi connectivity index (χ2n) is 8.25. The summed E-state index contributed by atoms with van der Waals surface area (Å²) in [5.41, 5.74) is 4.33. The number of rotatable bonds is 7. The quantitative estimate of drug-likeness (QED) is 0.408. The number of hydrogen-bond acceptors (Lipinski definition) is 6. The Kier molecular flexibility index (Phi) is 5.70. The fourth-order valence-corrected chi connectivity index (χ4v) is 4.78. The maximum absolute atomic E-state index is 13.2. The smallest absolute Gasteiger partial charge is 0.276 e. The predicted molar refractivity (Wildman–Crippen MR) is 134 cm³/mol. The van der Waals surface area contributed by atoms with Crippen LogP contribution in [0.2, 0.25) is 0 Å². The topological polar surface area (TPSA) is 97.2 Å². The van der Waals surface area contributed by atoms with Crippen LogP contribution >= 0.6 is 11.3 Å². The molecule has 174 valence electrons. The van der Waals surface area contributed by atoms with E-state index in [0.29, 0.717) is 28.1 Å². The van der Waals surface area contributed by atoms with Gasteiger partial charge in [-0.05, 0) is 43.2 Å². The van der Waals surface area contributed by atoms with E-state index in [1.807, 2.05) is 53.9 Å². The van der Waals surface area contributed by atoms with Crippen LogP contribution in [-0.2, 0) is 10.0 Å². The van der Waals surface area contributed by atoms with Gasteiger partial charge in [0.2, 0.25) is 10.0 Å². The minimum atomic E-state index is -3.33. The molecule has 10 heteroatoms. The summed E-state index contributed by atoms with van der Waals surface area (Å²) in [6.45, 7) is 0. The number of hydrogen-bond donors (Lipinski definition) is 1. The highest BCUT2D eigenvalue weighted by Gasteiger charge is 2.29. The van der Waals surface area contributed by atoms with Gasteiger partial charge >= 0.3 is 0 Å². The average molecular weight is 494 g/mol. The Labute approximate surface area is 201 Å². The summed E-state index contributed by atoms with van der Waals surface area (Å²) in [7, 11) is -1.82. The zero-order valence-electron chi connectivity index (χ0n) is 18.7. The van der Waals surface area contributed by atoms with Crippen molar-refractivity contribution >= 4 is 38.1 Å². The lowest BCUT2D eigenvalue weighted by molar-refractivity contribution is 0.101. The largest absolute Gasteiger partial charge is 0.296 e. The SMILES string of the molecule is CN(c1ccc(-c2csc(NC(=O)c3cc(C4CC4)nn3-c3ccccc3)n2)cc1)S(C)(=O)=O. The lowest BCUT2D eigenvalue weighted by Gasteiger charge is -2.16. The number of nitrogens with zero attached hydrogens (tertiary/aromatic N) is 4. The molecule has 0 saturated heterocycles. The third-order valence-corrected chi connectivity index (χ3v) is 7.67. The summed E-state index contributed by atoms with van der Waals surface area (Å²) >= 11 is 1.33. The molecule has 5 rings (SSSR count). The van der Waals surface area contributed by atoms with Crippen molar-refractivity contribution in [2.75, 3.05) is 22.9 Å². The molecule has 0 spiro atoms. The first-order valence-electron chi connectivity index (χ1n) is 10.8. The minimum Gasteiger partial charge on any atom is -0.296 e. The third kappa shape index (κ3) is 4.59. The molecular formula is C24H23N5O3S2. The average Bonchev–Trinajstić information content (AvgIpc) is 3.41. The number of sulfonamides is 1. The van der Waals surface area contributed by atoms with Crippen LogP contribution in [0.3, 0.4) is 0 Å². The van der Waals surface area contributed by atoms with E-state index >= 15 is 0 Å². The van der Waals surface area contributed by atoms with E-state index in [1.165, 1.54) is 22.7 Å². The van der Waals surface area contributed by atoms with Gasteiger partial charge in [-0.25, -0.2) is 18.1 Å². The fourth-order valence-electron chi connectivity index (χ4n) is 3.56. The number of aromatic nitrogens is 3. The van der Waals surface area contributed by atoms with Crippen LogP contribution < -0.4 is 9.62 Å². The molecule has 2 heterocycles. The molecule has 34 heavy (non-hydrogen) atoms. The number of para-hydroxylation sites is 1. The van der Waals surface area contributed by atoms with Crippen molar-refractivity contribution in [3.8, 4) is 16.9 Å². The molecule has 0 unspecified atom stereocenters. The predicted octanol–water partition coefficient (Wildman–Crippen LogP) is 4.52. The van der Waals surface area contributed by atoms with Gasteiger partial charge in [-0.2, -0.15) is 5.10 Å². The molecule has 1 aliphatic carbocycles. The van der Waals surface area contributed by atoms with E-state index in [0.717, 1.165) is 36.0 Å². The van der Waals surface area contributed by atoms with Gasteiger partial charge in [-0.3, -0.25) is 14.4 Å². The van der Waals surface area contributed by atoms with Crippen molar-refractivity contribution in [1.82, 2.24) is 14.8 Å². The van der Waals surface area contributed by atoms with Crippen molar-refractivity contribution < 1.29 is 13.2 Å². The molecule has 0 atom stereocenters. The van der Waals surface area contributed by atoms with Crippen molar-refractivity contribution in [3.05, 3.63) is 77.4 Å². The van der Waals surface area contributed by atoms with Gasteiger partial charge in [0, 0.05) is 23.9 Å². The van der Waals surface area contributed by atoms with Crippen LogP contribution in [0.5, 0.6) is 0 Å². The number of nitrogens with one attached hydrogen (secondary N) is 1. The van der Waals surface area contributed by atoms with Gasteiger partial charge in [0.1, 0.15) is 5.69 Å². The van der Waals surface area contributed by atoms with Gasteiger partial charge in [-0.1, -0.05) is 30.3 Å². The van der Waals surface area contributed by atoms with E-state index in [-0.39, 0.29) is 5.91 Å². The summed E-state index contributed by atoms with van der Waals surface area (Å²) < 4.78 is 26.4. The number of benzene rings is 2. The lowest BCUT2D eigenvalue weighted by atomic mass is 10.1. The Balaban J connectivity index is 1.36. The van der Waals surface area contributed by atoms with Crippen LogP contribution in [0.1, 0.15) is 34.9 Å².